The van der Waals surface area contributed by atoms with E-state index in [-0.39, 0.29) is 0 Å². The molecule has 0 aromatic heterocycles. The third-order valence-electron chi connectivity index (χ3n) is 2.27. The lowest BCUT2D eigenvalue weighted by Gasteiger charge is -2.34. The zero-order valence-corrected chi connectivity index (χ0v) is 8.12. The Morgan fingerprint density at radius 1 is 1.64 bits per heavy atom. The van der Waals surface area contributed by atoms with Crippen molar-refractivity contribution in [2.24, 2.45) is 5.92 Å². The quantitative estimate of drug-likeness (QED) is 0.728. The van der Waals surface area contributed by atoms with Gasteiger partial charge in [-0.05, 0) is 18.8 Å². The van der Waals surface area contributed by atoms with Crippen LogP contribution in [-0.4, -0.2) is 12.6 Å². The van der Waals surface area contributed by atoms with Gasteiger partial charge >= 0.3 is 0 Å². The van der Waals surface area contributed by atoms with Gasteiger partial charge in [-0.1, -0.05) is 30.1 Å². The van der Waals surface area contributed by atoms with Crippen LogP contribution in [0.5, 0.6) is 0 Å². The molecule has 0 aromatic rings. The highest BCUT2D eigenvalue weighted by Crippen LogP contribution is 2.26. The lowest BCUT2D eigenvalue weighted by molar-refractivity contribution is 0.236. The van der Waals surface area contributed by atoms with E-state index in [0.29, 0.717) is 17.6 Å². The van der Waals surface area contributed by atoms with Gasteiger partial charge in [0.25, 0.3) is 0 Å². The fraction of sp³-hybridized carbons (Fsp3) is 0.750. The Balaban J connectivity index is 2.12. The summed E-state index contributed by atoms with van der Waals surface area (Å²) >= 11 is 11.1. The van der Waals surface area contributed by atoms with Crippen molar-refractivity contribution in [2.75, 3.05) is 6.54 Å². The summed E-state index contributed by atoms with van der Waals surface area (Å²) in [6.45, 7) is 2.96. The molecule has 0 bridgehead atoms. The van der Waals surface area contributed by atoms with Gasteiger partial charge in [-0.25, -0.2) is 0 Å². The maximum absolute atomic E-state index is 5.70. The second-order valence-corrected chi connectivity index (χ2v) is 3.80. The minimum Gasteiger partial charge on any atom is -0.309 e. The maximum atomic E-state index is 5.70. The molecule has 0 heterocycles. The van der Waals surface area contributed by atoms with Gasteiger partial charge in [0, 0.05) is 23.2 Å². The molecule has 3 heteroatoms. The molecule has 1 fully saturated rings. The topological polar surface area (TPSA) is 12.0 Å². The van der Waals surface area contributed by atoms with Crippen molar-refractivity contribution in [1.29, 1.82) is 0 Å². The van der Waals surface area contributed by atoms with Gasteiger partial charge < -0.3 is 5.32 Å². The fourth-order valence-electron chi connectivity index (χ4n) is 1.24. The first-order valence-corrected chi connectivity index (χ1v) is 4.73. The van der Waals surface area contributed by atoms with Crippen LogP contribution in [0.15, 0.2) is 10.6 Å². The Morgan fingerprint density at radius 2 is 2.36 bits per heavy atom. The molecule has 0 aromatic carbocycles. The summed E-state index contributed by atoms with van der Waals surface area (Å²) < 4.78 is 0. The molecule has 0 amide bonds. The van der Waals surface area contributed by atoms with Crippen molar-refractivity contribution in [1.82, 2.24) is 5.32 Å². The van der Waals surface area contributed by atoms with Crippen LogP contribution in [-0.2, 0) is 0 Å². The Kier molecular flexibility index (Phi) is 3.70. The standard InChI is InChI=1S/C8H13Cl2N/c1-6-2-3-8(6)11-5-7(10)4-9/h4,6,8,11H,2-3,5H2,1H3/b7-4-. The molecule has 1 aliphatic rings. The zero-order valence-electron chi connectivity index (χ0n) is 6.61. The lowest BCUT2D eigenvalue weighted by Crippen LogP contribution is -2.42. The van der Waals surface area contributed by atoms with E-state index in [0.717, 1.165) is 5.92 Å². The van der Waals surface area contributed by atoms with Crippen LogP contribution in [0.1, 0.15) is 19.8 Å². The second kappa shape index (κ2) is 4.34. The van der Waals surface area contributed by atoms with E-state index in [2.05, 4.69) is 12.2 Å². The first-order valence-electron chi connectivity index (χ1n) is 3.92. The summed E-state index contributed by atoms with van der Waals surface area (Å²) in [5, 5.41) is 4.02. The average Bonchev–Trinajstić information content (AvgIpc) is 2.01. The summed E-state index contributed by atoms with van der Waals surface area (Å²) in [5.74, 6) is 0.801. The first-order chi connectivity index (χ1) is 5.24. The van der Waals surface area contributed by atoms with Crippen molar-refractivity contribution >= 4 is 23.2 Å². The van der Waals surface area contributed by atoms with E-state index in [9.17, 15) is 0 Å². The summed E-state index contributed by atoms with van der Waals surface area (Å²) in [5.41, 5.74) is 1.41. The molecule has 1 N–H and O–H groups in total. The fourth-order valence-corrected chi connectivity index (χ4v) is 1.39. The highest BCUT2D eigenvalue weighted by Gasteiger charge is 2.25. The highest BCUT2D eigenvalue weighted by atomic mass is 35.5. The van der Waals surface area contributed by atoms with Crippen LogP contribution in [0.3, 0.4) is 0 Å². The molecule has 0 saturated heterocycles. The van der Waals surface area contributed by atoms with E-state index in [4.69, 9.17) is 23.2 Å². The van der Waals surface area contributed by atoms with Crippen molar-refractivity contribution in [3.8, 4) is 0 Å². The van der Waals surface area contributed by atoms with Crippen LogP contribution < -0.4 is 5.32 Å². The van der Waals surface area contributed by atoms with Gasteiger partial charge in [-0.3, -0.25) is 0 Å². The normalized spacial score (nSPS) is 31.7. The number of nitrogens with one attached hydrogen (secondary N) is 1. The number of halogens is 2. The predicted molar refractivity (Wildman–Crippen MR) is 50.0 cm³/mol. The molecule has 2 atom stereocenters. The molecule has 1 saturated carbocycles. The van der Waals surface area contributed by atoms with Gasteiger partial charge in [0.05, 0.1) is 0 Å². The number of rotatable bonds is 3. The van der Waals surface area contributed by atoms with Gasteiger partial charge in [-0.2, -0.15) is 0 Å². The molecule has 0 aliphatic heterocycles. The average molecular weight is 194 g/mol. The van der Waals surface area contributed by atoms with Crippen LogP contribution >= 0.6 is 23.2 Å². The van der Waals surface area contributed by atoms with Crippen molar-refractivity contribution in [2.45, 2.75) is 25.8 Å². The van der Waals surface area contributed by atoms with E-state index >= 15 is 0 Å². The lowest BCUT2D eigenvalue weighted by atomic mass is 9.81. The number of hydrogen-bond acceptors (Lipinski definition) is 1. The largest absolute Gasteiger partial charge is 0.309 e. The molecule has 0 spiro atoms. The minimum atomic E-state index is 0.653. The molecule has 1 aliphatic carbocycles. The van der Waals surface area contributed by atoms with Crippen LogP contribution in [0.25, 0.3) is 0 Å². The Morgan fingerprint density at radius 3 is 2.73 bits per heavy atom. The Bertz CT molecular complexity index is 156. The van der Waals surface area contributed by atoms with Gasteiger partial charge in [0.1, 0.15) is 0 Å². The van der Waals surface area contributed by atoms with Crippen LogP contribution in [0, 0.1) is 5.92 Å². The van der Waals surface area contributed by atoms with Gasteiger partial charge in [-0.15, -0.1) is 0 Å². The number of hydrogen-bond donors (Lipinski definition) is 1. The molecular formula is C8H13Cl2N. The van der Waals surface area contributed by atoms with Gasteiger partial charge in [0.2, 0.25) is 0 Å². The Labute approximate surface area is 77.8 Å². The highest BCUT2D eigenvalue weighted by molar-refractivity contribution is 6.36. The Hall–Kier alpha value is 0.280. The summed E-state index contributed by atoms with van der Waals surface area (Å²) in [7, 11) is 0. The minimum absolute atomic E-state index is 0.653. The third kappa shape index (κ3) is 2.66. The van der Waals surface area contributed by atoms with Crippen molar-refractivity contribution < 1.29 is 0 Å². The van der Waals surface area contributed by atoms with Gasteiger partial charge in [0.15, 0.2) is 0 Å². The summed E-state index contributed by atoms with van der Waals surface area (Å²) in [6.07, 6.45) is 2.60. The van der Waals surface area contributed by atoms with E-state index in [1.807, 2.05) is 0 Å². The first kappa shape index (κ1) is 9.37. The third-order valence-corrected chi connectivity index (χ3v) is 2.89. The molecular weight excluding hydrogens is 181 g/mol. The van der Waals surface area contributed by atoms with Crippen LogP contribution in [0.2, 0.25) is 0 Å². The molecule has 64 valence electrons. The molecule has 1 nitrogen and oxygen atoms in total. The molecule has 1 rings (SSSR count). The monoisotopic (exact) mass is 193 g/mol. The van der Waals surface area contributed by atoms with Crippen LogP contribution in [0.4, 0.5) is 0 Å². The summed E-state index contributed by atoms with van der Waals surface area (Å²) in [6, 6.07) is 0.653. The maximum Gasteiger partial charge on any atom is 0.0432 e. The summed E-state index contributed by atoms with van der Waals surface area (Å²) in [4.78, 5) is 0. The smallest absolute Gasteiger partial charge is 0.0432 e. The van der Waals surface area contributed by atoms with E-state index < -0.39 is 0 Å². The molecule has 0 radical (unpaired) electrons. The zero-order chi connectivity index (χ0) is 8.27. The van der Waals surface area contributed by atoms with E-state index in [1.54, 1.807) is 0 Å². The molecule has 2 unspecified atom stereocenters. The van der Waals surface area contributed by atoms with Crippen molar-refractivity contribution in [3.05, 3.63) is 10.6 Å². The molecule has 11 heavy (non-hydrogen) atoms. The second-order valence-electron chi connectivity index (χ2n) is 3.10. The predicted octanol–water partition coefficient (Wildman–Crippen LogP) is 2.69. The van der Waals surface area contributed by atoms with E-state index in [1.165, 1.54) is 18.4 Å². The SMILES string of the molecule is CC1CCC1NC/C(Cl)=C/Cl. The van der Waals surface area contributed by atoms with Crippen molar-refractivity contribution in [3.63, 3.8) is 0 Å².